The number of aryl methyl sites for hydroxylation is 1. The molecule has 0 atom stereocenters. The zero-order chi connectivity index (χ0) is 14.8. The van der Waals surface area contributed by atoms with Crippen molar-refractivity contribution in [3.8, 4) is 0 Å². The summed E-state index contributed by atoms with van der Waals surface area (Å²) in [6, 6.07) is 11.5. The number of hydrogen-bond acceptors (Lipinski definition) is 5. The molecule has 0 unspecified atom stereocenters. The Morgan fingerprint density at radius 3 is 2.81 bits per heavy atom. The number of fused-ring (bicyclic) bond motifs is 1. The summed E-state index contributed by atoms with van der Waals surface area (Å²) >= 11 is 0. The maximum atomic E-state index is 5.74. The number of nitrogens with zero attached hydrogens (tertiary/aromatic N) is 3. The second kappa shape index (κ2) is 5.54. The number of hydrogen-bond donors (Lipinski definition) is 1. The predicted molar refractivity (Wildman–Crippen MR) is 82.6 cm³/mol. The van der Waals surface area contributed by atoms with Gasteiger partial charge < -0.3 is 10.2 Å². The monoisotopic (exact) mass is 282 g/mol. The summed E-state index contributed by atoms with van der Waals surface area (Å²) < 4.78 is 5.73. The van der Waals surface area contributed by atoms with Crippen molar-refractivity contribution >= 4 is 16.8 Å². The maximum Gasteiger partial charge on any atom is 0.209 e. The fraction of sp³-hybridized carbons (Fsp3) is 0.250. The van der Waals surface area contributed by atoms with Crippen LogP contribution in [-0.2, 0) is 13.1 Å². The molecule has 108 valence electrons. The van der Waals surface area contributed by atoms with E-state index in [0.717, 1.165) is 29.0 Å². The van der Waals surface area contributed by atoms with Crippen LogP contribution in [0.2, 0.25) is 0 Å². The number of rotatable bonds is 4. The summed E-state index contributed by atoms with van der Waals surface area (Å²) in [6.07, 6.45) is 0. The number of nitrogens with two attached hydrogens (primary N) is 1. The van der Waals surface area contributed by atoms with Gasteiger partial charge in [-0.2, -0.15) is 0 Å². The number of aromatic nitrogens is 2. The molecule has 2 heterocycles. The van der Waals surface area contributed by atoms with Gasteiger partial charge in [0.25, 0.3) is 0 Å². The lowest BCUT2D eigenvalue weighted by Gasteiger charge is -2.13. The Hall–Kier alpha value is -2.40. The second-order valence-electron chi connectivity index (χ2n) is 5.28. The van der Waals surface area contributed by atoms with Crippen LogP contribution in [0, 0.1) is 6.92 Å². The zero-order valence-electron chi connectivity index (χ0n) is 12.2. The van der Waals surface area contributed by atoms with Gasteiger partial charge in [0.2, 0.25) is 5.89 Å². The summed E-state index contributed by atoms with van der Waals surface area (Å²) in [5, 5.41) is 0. The molecule has 1 aromatic carbocycles. The van der Waals surface area contributed by atoms with Crippen molar-refractivity contribution < 1.29 is 4.42 Å². The van der Waals surface area contributed by atoms with E-state index in [-0.39, 0.29) is 0 Å². The molecular formula is C16H18N4O. The Morgan fingerprint density at radius 1 is 1.14 bits per heavy atom. The SMILES string of the molecule is Cc1cccc(CN(C)Cc2nc3ccc(N)cc3o2)n1. The number of anilines is 1. The second-order valence-corrected chi connectivity index (χ2v) is 5.28. The lowest BCUT2D eigenvalue weighted by molar-refractivity contribution is 0.282. The highest BCUT2D eigenvalue weighted by atomic mass is 16.3. The van der Waals surface area contributed by atoms with E-state index in [2.05, 4.69) is 14.9 Å². The van der Waals surface area contributed by atoms with Crippen molar-refractivity contribution in [2.75, 3.05) is 12.8 Å². The van der Waals surface area contributed by atoms with Crippen LogP contribution < -0.4 is 5.73 Å². The van der Waals surface area contributed by atoms with E-state index in [1.54, 1.807) is 6.07 Å². The highest BCUT2D eigenvalue weighted by Crippen LogP contribution is 2.19. The molecule has 3 rings (SSSR count). The Labute approximate surface area is 123 Å². The van der Waals surface area contributed by atoms with Gasteiger partial charge in [-0.05, 0) is 38.2 Å². The first-order chi connectivity index (χ1) is 10.1. The highest BCUT2D eigenvalue weighted by Gasteiger charge is 2.09. The third-order valence-corrected chi connectivity index (χ3v) is 3.24. The Balaban J connectivity index is 1.72. The van der Waals surface area contributed by atoms with Gasteiger partial charge in [-0.25, -0.2) is 4.98 Å². The van der Waals surface area contributed by atoms with Crippen molar-refractivity contribution in [1.82, 2.24) is 14.9 Å². The van der Waals surface area contributed by atoms with Crippen molar-refractivity contribution in [1.29, 1.82) is 0 Å². The van der Waals surface area contributed by atoms with E-state index in [0.29, 0.717) is 18.1 Å². The lowest BCUT2D eigenvalue weighted by atomic mass is 10.3. The average Bonchev–Trinajstić information content (AvgIpc) is 2.79. The van der Waals surface area contributed by atoms with Crippen molar-refractivity contribution in [2.24, 2.45) is 0 Å². The first-order valence-corrected chi connectivity index (χ1v) is 6.86. The van der Waals surface area contributed by atoms with E-state index < -0.39 is 0 Å². The molecule has 0 aliphatic carbocycles. The summed E-state index contributed by atoms with van der Waals surface area (Å²) in [6.45, 7) is 3.38. The summed E-state index contributed by atoms with van der Waals surface area (Å²) in [4.78, 5) is 11.1. The van der Waals surface area contributed by atoms with Crippen LogP contribution in [0.3, 0.4) is 0 Å². The molecule has 0 aliphatic rings. The van der Waals surface area contributed by atoms with E-state index in [1.165, 1.54) is 0 Å². The molecule has 3 aromatic rings. The van der Waals surface area contributed by atoms with E-state index in [9.17, 15) is 0 Å². The molecule has 0 saturated heterocycles. The van der Waals surface area contributed by atoms with E-state index in [4.69, 9.17) is 10.2 Å². The summed E-state index contributed by atoms with van der Waals surface area (Å²) in [5.74, 6) is 0.686. The minimum absolute atomic E-state index is 0.629. The first-order valence-electron chi connectivity index (χ1n) is 6.86. The van der Waals surface area contributed by atoms with E-state index >= 15 is 0 Å². The normalized spacial score (nSPS) is 11.4. The van der Waals surface area contributed by atoms with Crippen LogP contribution in [-0.4, -0.2) is 21.9 Å². The third kappa shape index (κ3) is 3.20. The molecule has 0 radical (unpaired) electrons. The van der Waals surface area contributed by atoms with Gasteiger partial charge in [-0.3, -0.25) is 9.88 Å². The number of benzene rings is 1. The topological polar surface area (TPSA) is 68.2 Å². The summed E-state index contributed by atoms with van der Waals surface area (Å²) in [7, 11) is 2.02. The number of nitrogen functional groups attached to an aromatic ring is 1. The van der Waals surface area contributed by atoms with Gasteiger partial charge in [-0.15, -0.1) is 0 Å². The predicted octanol–water partition coefficient (Wildman–Crippen LogP) is 2.75. The average molecular weight is 282 g/mol. The highest BCUT2D eigenvalue weighted by molar-refractivity contribution is 5.76. The van der Waals surface area contributed by atoms with Gasteiger partial charge in [0.1, 0.15) is 5.52 Å². The number of pyridine rings is 1. The largest absolute Gasteiger partial charge is 0.439 e. The first kappa shape index (κ1) is 13.6. The van der Waals surface area contributed by atoms with Gasteiger partial charge in [-0.1, -0.05) is 6.07 Å². The molecule has 5 nitrogen and oxygen atoms in total. The lowest BCUT2D eigenvalue weighted by Crippen LogP contribution is -2.18. The maximum absolute atomic E-state index is 5.74. The standard InChI is InChI=1S/C16H18N4O/c1-11-4-3-5-13(18-11)9-20(2)10-16-19-14-7-6-12(17)8-15(14)21-16/h3-8H,9-10,17H2,1-2H3. The van der Waals surface area contributed by atoms with Crippen LogP contribution in [0.15, 0.2) is 40.8 Å². The quantitative estimate of drug-likeness (QED) is 0.745. The van der Waals surface area contributed by atoms with E-state index in [1.807, 2.05) is 44.3 Å². The van der Waals surface area contributed by atoms with Crippen LogP contribution in [0.1, 0.15) is 17.3 Å². The Bertz CT molecular complexity index is 766. The fourth-order valence-corrected chi connectivity index (χ4v) is 2.31. The number of oxazole rings is 1. The van der Waals surface area contributed by atoms with Gasteiger partial charge in [0.05, 0.1) is 12.2 Å². The minimum Gasteiger partial charge on any atom is -0.439 e. The molecule has 2 aromatic heterocycles. The van der Waals surface area contributed by atoms with Crippen LogP contribution in [0.5, 0.6) is 0 Å². The molecular weight excluding hydrogens is 264 g/mol. The van der Waals surface area contributed by atoms with Crippen LogP contribution in [0.25, 0.3) is 11.1 Å². The smallest absolute Gasteiger partial charge is 0.209 e. The molecule has 0 aliphatic heterocycles. The molecule has 5 heteroatoms. The van der Waals surface area contributed by atoms with Crippen molar-refractivity contribution in [3.63, 3.8) is 0 Å². The van der Waals surface area contributed by atoms with Crippen molar-refractivity contribution in [2.45, 2.75) is 20.0 Å². The third-order valence-electron chi connectivity index (χ3n) is 3.24. The van der Waals surface area contributed by atoms with Crippen LogP contribution >= 0.6 is 0 Å². The molecule has 0 fully saturated rings. The summed E-state index contributed by atoms with van der Waals surface area (Å²) in [5.41, 5.74) is 10.1. The zero-order valence-corrected chi connectivity index (χ0v) is 12.2. The molecule has 0 saturated carbocycles. The van der Waals surface area contributed by atoms with Crippen molar-refractivity contribution in [3.05, 3.63) is 53.7 Å². The van der Waals surface area contributed by atoms with Gasteiger partial charge >= 0.3 is 0 Å². The van der Waals surface area contributed by atoms with Gasteiger partial charge in [0.15, 0.2) is 5.58 Å². The molecule has 21 heavy (non-hydrogen) atoms. The minimum atomic E-state index is 0.629. The van der Waals surface area contributed by atoms with Crippen LogP contribution in [0.4, 0.5) is 5.69 Å². The Morgan fingerprint density at radius 2 is 2.00 bits per heavy atom. The molecule has 0 amide bonds. The van der Waals surface area contributed by atoms with Gasteiger partial charge in [0, 0.05) is 24.0 Å². The molecule has 2 N–H and O–H groups in total. The Kier molecular flexibility index (Phi) is 3.58. The fourth-order valence-electron chi connectivity index (χ4n) is 2.31. The molecule has 0 bridgehead atoms. The molecule has 0 spiro atoms.